The fourth-order valence-corrected chi connectivity index (χ4v) is 3.39. The molecule has 0 spiro atoms. The molecule has 2 heterocycles. The van der Waals surface area contributed by atoms with E-state index < -0.39 is 18.0 Å². The van der Waals surface area contributed by atoms with Crippen LogP contribution in [0.3, 0.4) is 0 Å². The minimum absolute atomic E-state index is 0.0739. The molecule has 0 aliphatic heterocycles. The van der Waals surface area contributed by atoms with Crippen LogP contribution in [0.15, 0.2) is 22.7 Å². The Kier molecular flexibility index (Phi) is 6.37. The van der Waals surface area contributed by atoms with Crippen molar-refractivity contribution < 1.29 is 22.4 Å². The number of carbonyl (C=O) groups excluding carboxylic acids is 1. The molecule has 1 aliphatic rings. The Bertz CT molecular complexity index is 875. The van der Waals surface area contributed by atoms with E-state index in [9.17, 15) is 18.0 Å². The summed E-state index contributed by atoms with van der Waals surface area (Å²) < 4.78 is 43.6. The third kappa shape index (κ3) is 5.55. The summed E-state index contributed by atoms with van der Waals surface area (Å²) in [5.41, 5.74) is -0.384. The largest absolute Gasteiger partial charge is 0.455 e. The van der Waals surface area contributed by atoms with Gasteiger partial charge in [0.1, 0.15) is 11.6 Å². The van der Waals surface area contributed by atoms with Crippen molar-refractivity contribution in [2.75, 3.05) is 29.6 Å². The van der Waals surface area contributed by atoms with Crippen molar-refractivity contribution in [2.24, 2.45) is 0 Å². The monoisotopic (exact) mass is 426 g/mol. The van der Waals surface area contributed by atoms with Crippen molar-refractivity contribution in [1.82, 2.24) is 15.3 Å². The zero-order valence-corrected chi connectivity index (χ0v) is 17.0. The third-order valence-corrected chi connectivity index (χ3v) is 4.86. The van der Waals surface area contributed by atoms with Crippen LogP contribution < -0.4 is 20.9 Å². The van der Waals surface area contributed by atoms with Crippen LogP contribution in [0.1, 0.15) is 37.2 Å². The van der Waals surface area contributed by atoms with E-state index in [0.29, 0.717) is 18.8 Å². The minimum Gasteiger partial charge on any atom is -0.455 e. The number of nitrogens with zero attached hydrogens (tertiary/aromatic N) is 3. The number of aromatic nitrogens is 2. The van der Waals surface area contributed by atoms with Crippen molar-refractivity contribution >= 4 is 23.5 Å². The Labute approximate surface area is 172 Å². The van der Waals surface area contributed by atoms with Gasteiger partial charge in [-0.15, -0.1) is 0 Å². The van der Waals surface area contributed by atoms with Gasteiger partial charge in [-0.25, -0.2) is 9.78 Å². The Hall–Kier alpha value is -2.98. The van der Waals surface area contributed by atoms with Crippen LogP contribution in [0.25, 0.3) is 0 Å². The van der Waals surface area contributed by atoms with Gasteiger partial charge in [0.05, 0.1) is 5.69 Å². The Balaban J connectivity index is 1.49. The lowest BCUT2D eigenvalue weighted by atomic mass is 9.91. The summed E-state index contributed by atoms with van der Waals surface area (Å²) in [7, 11) is 3.80. The van der Waals surface area contributed by atoms with Gasteiger partial charge >= 0.3 is 12.2 Å². The van der Waals surface area contributed by atoms with Crippen LogP contribution in [-0.2, 0) is 6.18 Å². The second kappa shape index (κ2) is 8.80. The molecule has 164 valence electrons. The predicted molar refractivity (Wildman–Crippen MR) is 107 cm³/mol. The van der Waals surface area contributed by atoms with E-state index in [1.807, 2.05) is 25.1 Å². The average molecular weight is 426 g/mol. The molecule has 1 saturated carbocycles. The molecule has 1 fully saturated rings. The van der Waals surface area contributed by atoms with E-state index in [4.69, 9.17) is 0 Å². The molecule has 3 rings (SSSR count). The van der Waals surface area contributed by atoms with Crippen molar-refractivity contribution in [2.45, 2.75) is 50.9 Å². The molecule has 0 radical (unpaired) electrons. The van der Waals surface area contributed by atoms with Gasteiger partial charge in [0.15, 0.2) is 0 Å². The minimum atomic E-state index is -4.67. The number of carbonyl (C=O) groups is 1. The smallest absolute Gasteiger partial charge is 0.451 e. The molecule has 2 aromatic heterocycles. The van der Waals surface area contributed by atoms with Gasteiger partial charge < -0.3 is 25.3 Å². The molecule has 2 amide bonds. The summed E-state index contributed by atoms with van der Waals surface area (Å²) >= 11 is 0. The fourth-order valence-electron chi connectivity index (χ4n) is 3.39. The second-order valence-electron chi connectivity index (χ2n) is 7.52. The zero-order valence-electron chi connectivity index (χ0n) is 17.0. The molecule has 8 nitrogen and oxygen atoms in total. The van der Waals surface area contributed by atoms with Gasteiger partial charge in [0.25, 0.3) is 0 Å². The highest BCUT2D eigenvalue weighted by molar-refractivity contribution is 5.90. The molecule has 0 atom stereocenters. The summed E-state index contributed by atoms with van der Waals surface area (Å²) in [6.07, 6.45) is -0.0518. The van der Waals surface area contributed by atoms with Gasteiger partial charge in [0.2, 0.25) is 11.7 Å². The predicted octanol–water partition coefficient (Wildman–Crippen LogP) is 4.01. The SMILES string of the molecule is Cc1cc(NC(=O)N[C@H]2CC[C@@H](Nc3nccc(N(C)C)n3)CC2)c(C(F)(F)F)o1. The number of halogens is 3. The number of hydrogen-bond acceptors (Lipinski definition) is 6. The molecule has 1 aliphatic carbocycles. The Morgan fingerprint density at radius 2 is 1.87 bits per heavy atom. The Morgan fingerprint density at radius 1 is 1.20 bits per heavy atom. The van der Waals surface area contributed by atoms with E-state index in [-0.39, 0.29) is 23.5 Å². The van der Waals surface area contributed by atoms with Crippen molar-refractivity contribution in [3.05, 3.63) is 29.9 Å². The summed E-state index contributed by atoms with van der Waals surface area (Å²) in [6, 6.07) is 2.33. The molecular weight excluding hydrogens is 401 g/mol. The number of alkyl halides is 3. The number of amides is 2. The quantitative estimate of drug-likeness (QED) is 0.669. The van der Waals surface area contributed by atoms with Gasteiger partial charge in [-0.1, -0.05) is 0 Å². The lowest BCUT2D eigenvalue weighted by molar-refractivity contribution is -0.152. The molecule has 3 N–H and O–H groups in total. The van der Waals surface area contributed by atoms with Crippen molar-refractivity contribution in [3.63, 3.8) is 0 Å². The summed E-state index contributed by atoms with van der Waals surface area (Å²) in [4.78, 5) is 22.7. The molecule has 30 heavy (non-hydrogen) atoms. The molecule has 0 saturated heterocycles. The van der Waals surface area contributed by atoms with E-state index in [1.54, 1.807) is 6.20 Å². The first kappa shape index (κ1) is 21.7. The molecule has 2 aromatic rings. The standard InChI is InChI=1S/C19H25F3N6O2/c1-11-10-14(16(30-11)19(20,21)22)26-18(29)25-13-6-4-12(5-7-13)24-17-23-9-8-15(27-17)28(2)3/h8-10,12-13H,4-7H2,1-3H3,(H,23,24,27)(H2,25,26,29)/t12-,13+. The highest BCUT2D eigenvalue weighted by Crippen LogP contribution is 2.37. The van der Waals surface area contributed by atoms with Crippen LogP contribution in [0.2, 0.25) is 0 Å². The van der Waals surface area contributed by atoms with Crippen LogP contribution in [-0.4, -0.2) is 42.2 Å². The highest BCUT2D eigenvalue weighted by Gasteiger charge is 2.38. The van der Waals surface area contributed by atoms with Crippen LogP contribution >= 0.6 is 0 Å². The van der Waals surface area contributed by atoms with Crippen LogP contribution in [0.4, 0.5) is 35.4 Å². The van der Waals surface area contributed by atoms with Crippen LogP contribution in [0.5, 0.6) is 0 Å². The summed E-state index contributed by atoms with van der Waals surface area (Å²) in [5, 5.41) is 8.29. The third-order valence-electron chi connectivity index (χ3n) is 4.86. The first-order valence-corrected chi connectivity index (χ1v) is 9.64. The summed E-state index contributed by atoms with van der Waals surface area (Å²) in [5.74, 6) is 0.213. The van der Waals surface area contributed by atoms with Crippen molar-refractivity contribution in [3.8, 4) is 0 Å². The second-order valence-corrected chi connectivity index (χ2v) is 7.52. The number of nitrogens with one attached hydrogen (secondary N) is 3. The number of rotatable bonds is 5. The van der Waals surface area contributed by atoms with Gasteiger partial charge in [-0.3, -0.25) is 0 Å². The molecular formula is C19H25F3N6O2. The molecule has 0 unspecified atom stereocenters. The van der Waals surface area contributed by atoms with E-state index in [2.05, 4.69) is 30.3 Å². The topological polar surface area (TPSA) is 95.3 Å². The number of anilines is 3. The average Bonchev–Trinajstić information content (AvgIpc) is 3.04. The lowest BCUT2D eigenvalue weighted by Crippen LogP contribution is -2.42. The number of aryl methyl sites for hydroxylation is 1. The van der Waals surface area contributed by atoms with Crippen molar-refractivity contribution in [1.29, 1.82) is 0 Å². The maximum atomic E-state index is 13.0. The summed E-state index contributed by atoms with van der Waals surface area (Å²) in [6.45, 7) is 1.39. The highest BCUT2D eigenvalue weighted by atomic mass is 19.4. The maximum absolute atomic E-state index is 13.0. The normalized spacial score (nSPS) is 19.3. The van der Waals surface area contributed by atoms with Gasteiger partial charge in [0, 0.05) is 38.4 Å². The zero-order chi connectivity index (χ0) is 21.9. The Morgan fingerprint density at radius 3 is 2.50 bits per heavy atom. The number of urea groups is 1. The maximum Gasteiger partial charge on any atom is 0.451 e. The number of hydrogen-bond donors (Lipinski definition) is 3. The fraction of sp³-hybridized carbons (Fsp3) is 0.526. The number of furan rings is 1. The first-order valence-electron chi connectivity index (χ1n) is 9.64. The first-order chi connectivity index (χ1) is 14.1. The molecule has 0 bridgehead atoms. The van der Waals surface area contributed by atoms with E-state index in [1.165, 1.54) is 6.92 Å². The molecule has 0 aromatic carbocycles. The van der Waals surface area contributed by atoms with Crippen LogP contribution in [0, 0.1) is 6.92 Å². The van der Waals surface area contributed by atoms with E-state index in [0.717, 1.165) is 24.7 Å². The van der Waals surface area contributed by atoms with Gasteiger partial charge in [-0.05, 0) is 38.7 Å². The lowest BCUT2D eigenvalue weighted by Gasteiger charge is -2.29. The van der Waals surface area contributed by atoms with E-state index >= 15 is 0 Å². The molecule has 11 heteroatoms. The van der Waals surface area contributed by atoms with Gasteiger partial charge in [-0.2, -0.15) is 18.2 Å².